The summed E-state index contributed by atoms with van der Waals surface area (Å²) in [5.74, 6) is 0.0652. The monoisotopic (exact) mass is 550 g/mol. The van der Waals surface area contributed by atoms with E-state index in [4.69, 9.17) is 4.74 Å². The number of thiophene rings is 1. The Bertz CT molecular complexity index is 1210. The highest BCUT2D eigenvalue weighted by atomic mass is 79.9. The highest BCUT2D eigenvalue weighted by molar-refractivity contribution is 9.10. The van der Waals surface area contributed by atoms with E-state index in [1.54, 1.807) is 36.7 Å². The van der Waals surface area contributed by atoms with Crippen LogP contribution in [0.5, 0.6) is 5.75 Å². The SMILES string of the molecule is CCOC(=O)c1c(NC(=O)CSc2nnc(-c3cc(Br)ccc3O)n2C)sc2c1CCCC2. The normalized spacial score (nSPS) is 12.9. The molecule has 2 heterocycles. The van der Waals surface area contributed by atoms with Crippen LogP contribution in [-0.4, -0.2) is 44.1 Å². The minimum Gasteiger partial charge on any atom is -0.507 e. The van der Waals surface area contributed by atoms with Crippen LogP contribution in [0, 0.1) is 0 Å². The summed E-state index contributed by atoms with van der Waals surface area (Å²) < 4.78 is 7.79. The number of phenols is 1. The van der Waals surface area contributed by atoms with E-state index in [0.29, 0.717) is 27.1 Å². The molecule has 0 fully saturated rings. The maximum absolute atomic E-state index is 12.7. The van der Waals surface area contributed by atoms with Gasteiger partial charge in [-0.15, -0.1) is 21.5 Å². The molecule has 0 atom stereocenters. The van der Waals surface area contributed by atoms with E-state index in [0.717, 1.165) is 40.6 Å². The summed E-state index contributed by atoms with van der Waals surface area (Å²) in [7, 11) is 1.78. The highest BCUT2D eigenvalue weighted by Crippen LogP contribution is 2.39. The number of ether oxygens (including phenoxy) is 1. The molecule has 0 bridgehead atoms. The Hall–Kier alpha value is -2.37. The lowest BCUT2D eigenvalue weighted by Gasteiger charge is -2.12. The number of anilines is 1. The average Bonchev–Trinajstić information content (AvgIpc) is 3.34. The van der Waals surface area contributed by atoms with E-state index in [2.05, 4.69) is 31.4 Å². The second-order valence-corrected chi connectivity index (χ2v) is 10.5. The van der Waals surface area contributed by atoms with Crippen LogP contribution >= 0.6 is 39.0 Å². The second kappa shape index (κ2) is 10.3. The van der Waals surface area contributed by atoms with Gasteiger partial charge in [-0.25, -0.2) is 4.79 Å². The topological polar surface area (TPSA) is 106 Å². The van der Waals surface area contributed by atoms with E-state index in [1.807, 2.05) is 0 Å². The van der Waals surface area contributed by atoms with E-state index in [1.165, 1.54) is 23.1 Å². The molecular weight excluding hydrogens is 528 g/mol. The van der Waals surface area contributed by atoms with Crippen molar-refractivity contribution in [3.05, 3.63) is 38.7 Å². The number of aryl methyl sites for hydroxylation is 1. The first-order valence-corrected chi connectivity index (χ1v) is 13.1. The average molecular weight is 551 g/mol. The molecule has 2 N–H and O–H groups in total. The van der Waals surface area contributed by atoms with Gasteiger partial charge in [-0.2, -0.15) is 0 Å². The summed E-state index contributed by atoms with van der Waals surface area (Å²) in [6.45, 7) is 2.06. The molecule has 4 rings (SSSR count). The summed E-state index contributed by atoms with van der Waals surface area (Å²) in [4.78, 5) is 26.5. The lowest BCUT2D eigenvalue weighted by molar-refractivity contribution is -0.113. The van der Waals surface area contributed by atoms with Crippen molar-refractivity contribution >= 4 is 55.9 Å². The van der Waals surface area contributed by atoms with Gasteiger partial charge in [0.15, 0.2) is 11.0 Å². The number of benzene rings is 1. The number of hydrogen-bond donors (Lipinski definition) is 2. The third kappa shape index (κ3) is 5.10. The molecular formula is C22H23BrN4O4S2. The van der Waals surface area contributed by atoms with Crippen LogP contribution in [0.25, 0.3) is 11.4 Å². The third-order valence-corrected chi connectivity index (χ3v) is 7.99. The smallest absolute Gasteiger partial charge is 0.341 e. The van der Waals surface area contributed by atoms with Crippen LogP contribution in [0.3, 0.4) is 0 Å². The number of nitrogens with one attached hydrogen (secondary N) is 1. The van der Waals surface area contributed by atoms with E-state index in [9.17, 15) is 14.7 Å². The molecule has 0 saturated heterocycles. The van der Waals surface area contributed by atoms with Crippen LogP contribution < -0.4 is 5.32 Å². The molecule has 0 radical (unpaired) electrons. The zero-order valence-corrected chi connectivity index (χ0v) is 21.4. The van der Waals surface area contributed by atoms with Crippen molar-refractivity contribution < 1.29 is 19.4 Å². The fourth-order valence-corrected chi connectivity index (χ4v) is 6.09. The van der Waals surface area contributed by atoms with Gasteiger partial charge in [0.2, 0.25) is 5.91 Å². The second-order valence-electron chi connectivity index (χ2n) is 7.50. The van der Waals surface area contributed by atoms with Gasteiger partial charge in [0.1, 0.15) is 10.8 Å². The molecule has 1 aromatic carbocycles. The van der Waals surface area contributed by atoms with E-state index < -0.39 is 0 Å². The zero-order valence-electron chi connectivity index (χ0n) is 18.2. The molecule has 1 aliphatic carbocycles. The number of esters is 1. The first kappa shape index (κ1) is 23.8. The molecule has 33 heavy (non-hydrogen) atoms. The van der Waals surface area contributed by atoms with E-state index >= 15 is 0 Å². The molecule has 0 spiro atoms. The summed E-state index contributed by atoms with van der Waals surface area (Å²) in [5.41, 5.74) is 2.05. The Labute approximate surface area is 207 Å². The van der Waals surface area contributed by atoms with Crippen molar-refractivity contribution in [3.8, 4) is 17.1 Å². The number of aromatic nitrogens is 3. The third-order valence-electron chi connectivity index (χ3n) is 5.27. The van der Waals surface area contributed by atoms with Crippen molar-refractivity contribution in [1.29, 1.82) is 0 Å². The number of thioether (sulfide) groups is 1. The molecule has 1 aliphatic rings. The lowest BCUT2D eigenvalue weighted by atomic mass is 9.95. The lowest BCUT2D eigenvalue weighted by Crippen LogP contribution is -2.17. The first-order valence-electron chi connectivity index (χ1n) is 10.5. The number of phenolic OH excluding ortho intramolecular Hbond substituents is 1. The van der Waals surface area contributed by atoms with Crippen LogP contribution in [0.1, 0.15) is 40.6 Å². The fourth-order valence-electron chi connectivity index (χ4n) is 3.73. The van der Waals surface area contributed by atoms with Crippen molar-refractivity contribution in [2.45, 2.75) is 37.8 Å². The minimum absolute atomic E-state index is 0.0937. The van der Waals surface area contributed by atoms with Crippen molar-refractivity contribution in [1.82, 2.24) is 14.8 Å². The first-order chi connectivity index (χ1) is 15.9. The predicted octanol–water partition coefficient (Wildman–Crippen LogP) is 4.80. The van der Waals surface area contributed by atoms with Crippen LogP contribution in [0.2, 0.25) is 0 Å². The Balaban J connectivity index is 1.48. The van der Waals surface area contributed by atoms with Gasteiger partial charge in [0.05, 0.1) is 23.5 Å². The van der Waals surface area contributed by atoms with Crippen molar-refractivity contribution in [2.24, 2.45) is 7.05 Å². The Morgan fingerprint density at radius 2 is 2.09 bits per heavy atom. The molecule has 0 unspecified atom stereocenters. The van der Waals surface area contributed by atoms with Crippen LogP contribution in [0.4, 0.5) is 5.00 Å². The molecule has 8 nitrogen and oxygen atoms in total. The van der Waals surface area contributed by atoms with Gasteiger partial charge in [-0.05, 0) is 56.4 Å². The summed E-state index contributed by atoms with van der Waals surface area (Å²) in [6, 6.07) is 5.08. The quantitative estimate of drug-likeness (QED) is 0.321. The molecule has 11 heteroatoms. The minimum atomic E-state index is -0.383. The van der Waals surface area contributed by atoms with Crippen LogP contribution in [0.15, 0.2) is 27.8 Å². The maximum Gasteiger partial charge on any atom is 0.341 e. The summed E-state index contributed by atoms with van der Waals surface area (Å²) >= 11 is 6.09. The molecule has 0 saturated carbocycles. The van der Waals surface area contributed by atoms with Crippen molar-refractivity contribution in [2.75, 3.05) is 17.7 Å². The van der Waals surface area contributed by atoms with Crippen molar-refractivity contribution in [3.63, 3.8) is 0 Å². The van der Waals surface area contributed by atoms with Gasteiger partial charge in [-0.3, -0.25) is 4.79 Å². The fraction of sp³-hybridized carbons (Fsp3) is 0.364. The Morgan fingerprint density at radius 1 is 1.30 bits per heavy atom. The number of aromatic hydroxyl groups is 1. The molecule has 3 aromatic rings. The largest absolute Gasteiger partial charge is 0.507 e. The zero-order chi connectivity index (χ0) is 23.5. The maximum atomic E-state index is 12.7. The standard InChI is InChI=1S/C22H23BrN4O4S2/c1-3-31-21(30)18-13-6-4-5-7-16(13)33-20(18)24-17(29)11-32-22-26-25-19(27(22)2)14-10-12(23)8-9-15(14)28/h8-10,28H,3-7,11H2,1-2H3,(H,24,29). The Kier molecular flexibility index (Phi) is 7.40. The molecule has 2 aromatic heterocycles. The number of hydrogen-bond acceptors (Lipinski definition) is 8. The molecule has 1 amide bonds. The number of nitrogens with zero attached hydrogens (tertiary/aromatic N) is 3. The number of halogens is 1. The molecule has 174 valence electrons. The summed E-state index contributed by atoms with van der Waals surface area (Å²) in [6.07, 6.45) is 3.86. The number of carbonyl (C=O) groups excluding carboxylic acids is 2. The highest BCUT2D eigenvalue weighted by Gasteiger charge is 2.27. The number of fused-ring (bicyclic) bond motifs is 1. The Morgan fingerprint density at radius 3 is 2.88 bits per heavy atom. The van der Waals surface area contributed by atoms with E-state index in [-0.39, 0.29) is 30.0 Å². The predicted molar refractivity (Wildman–Crippen MR) is 132 cm³/mol. The summed E-state index contributed by atoms with van der Waals surface area (Å²) in [5, 5.41) is 22.5. The van der Waals surface area contributed by atoms with Crippen LogP contribution in [-0.2, 0) is 29.4 Å². The molecule has 0 aliphatic heterocycles. The number of rotatable bonds is 7. The van der Waals surface area contributed by atoms with Gasteiger partial charge < -0.3 is 19.7 Å². The number of carbonyl (C=O) groups is 2. The van der Waals surface area contributed by atoms with Gasteiger partial charge in [0.25, 0.3) is 0 Å². The number of amides is 1. The van der Waals surface area contributed by atoms with Gasteiger partial charge in [0, 0.05) is 16.4 Å². The van der Waals surface area contributed by atoms with Gasteiger partial charge >= 0.3 is 5.97 Å². The van der Waals surface area contributed by atoms with Gasteiger partial charge in [-0.1, -0.05) is 27.7 Å².